The molecular weight excluding hydrogens is 306 g/mol. The molecule has 122 valence electrons. The largest absolute Gasteiger partial charge is 0.445 e. The highest BCUT2D eigenvalue weighted by Gasteiger charge is 2.16. The molecule has 2 aromatic carbocycles. The molecular formula is C18H17N3O3. The number of anilines is 1. The van der Waals surface area contributed by atoms with Crippen molar-refractivity contribution in [2.75, 3.05) is 5.32 Å². The van der Waals surface area contributed by atoms with Crippen LogP contribution in [0.3, 0.4) is 0 Å². The van der Waals surface area contributed by atoms with Crippen LogP contribution in [-0.2, 0) is 16.1 Å². The number of amides is 2. The molecule has 0 spiro atoms. The van der Waals surface area contributed by atoms with Gasteiger partial charge in [0.05, 0.1) is 11.6 Å². The second-order valence-electron chi connectivity index (χ2n) is 5.11. The highest BCUT2D eigenvalue weighted by atomic mass is 16.5. The average molecular weight is 323 g/mol. The predicted molar refractivity (Wildman–Crippen MR) is 89.0 cm³/mol. The third kappa shape index (κ3) is 5.14. The van der Waals surface area contributed by atoms with Gasteiger partial charge in [-0.15, -0.1) is 0 Å². The van der Waals surface area contributed by atoms with Crippen LogP contribution in [0.2, 0.25) is 0 Å². The molecule has 0 aromatic heterocycles. The van der Waals surface area contributed by atoms with Crippen molar-refractivity contribution in [3.63, 3.8) is 0 Å². The zero-order valence-corrected chi connectivity index (χ0v) is 13.2. The van der Waals surface area contributed by atoms with E-state index in [1.54, 1.807) is 31.2 Å². The lowest BCUT2D eigenvalue weighted by Crippen LogP contribution is -2.41. The van der Waals surface area contributed by atoms with Crippen LogP contribution in [0.25, 0.3) is 0 Å². The van der Waals surface area contributed by atoms with E-state index in [-0.39, 0.29) is 12.5 Å². The summed E-state index contributed by atoms with van der Waals surface area (Å²) >= 11 is 0. The highest BCUT2D eigenvalue weighted by molar-refractivity contribution is 5.96. The quantitative estimate of drug-likeness (QED) is 0.885. The smallest absolute Gasteiger partial charge is 0.408 e. The lowest BCUT2D eigenvalue weighted by molar-refractivity contribution is -0.117. The first kappa shape index (κ1) is 17.0. The fourth-order valence-electron chi connectivity index (χ4n) is 1.89. The topological polar surface area (TPSA) is 91.2 Å². The maximum Gasteiger partial charge on any atom is 0.408 e. The van der Waals surface area contributed by atoms with Gasteiger partial charge in [0.1, 0.15) is 12.6 Å². The van der Waals surface area contributed by atoms with Crippen molar-refractivity contribution >= 4 is 17.7 Å². The molecule has 6 heteroatoms. The Labute approximate surface area is 140 Å². The summed E-state index contributed by atoms with van der Waals surface area (Å²) in [5.74, 6) is -0.378. The summed E-state index contributed by atoms with van der Waals surface area (Å²) in [5.41, 5.74) is 1.91. The number of nitriles is 1. The van der Waals surface area contributed by atoms with E-state index in [1.807, 2.05) is 36.4 Å². The Morgan fingerprint density at radius 3 is 2.42 bits per heavy atom. The van der Waals surface area contributed by atoms with Crippen LogP contribution in [-0.4, -0.2) is 18.0 Å². The van der Waals surface area contributed by atoms with Gasteiger partial charge in [0.25, 0.3) is 0 Å². The molecule has 0 unspecified atom stereocenters. The Morgan fingerprint density at radius 1 is 1.12 bits per heavy atom. The Bertz CT molecular complexity index is 736. The van der Waals surface area contributed by atoms with Crippen molar-refractivity contribution < 1.29 is 14.3 Å². The Kier molecular flexibility index (Phi) is 5.92. The van der Waals surface area contributed by atoms with Crippen molar-refractivity contribution in [3.8, 4) is 6.07 Å². The monoisotopic (exact) mass is 323 g/mol. The third-order valence-electron chi connectivity index (χ3n) is 3.22. The summed E-state index contributed by atoms with van der Waals surface area (Å²) in [6.07, 6.45) is -0.665. The Hall–Kier alpha value is -3.33. The minimum atomic E-state index is -0.760. The summed E-state index contributed by atoms with van der Waals surface area (Å²) in [6, 6.07) is 16.9. The number of carbonyl (C=O) groups excluding carboxylic acids is 2. The molecule has 0 aliphatic rings. The maximum absolute atomic E-state index is 12.0. The second-order valence-corrected chi connectivity index (χ2v) is 5.11. The molecule has 0 fully saturated rings. The zero-order chi connectivity index (χ0) is 17.4. The molecule has 24 heavy (non-hydrogen) atoms. The van der Waals surface area contributed by atoms with Crippen LogP contribution in [0.4, 0.5) is 10.5 Å². The van der Waals surface area contributed by atoms with Gasteiger partial charge in [-0.1, -0.05) is 30.3 Å². The molecule has 0 bridgehead atoms. The molecule has 0 heterocycles. The lowest BCUT2D eigenvalue weighted by atomic mass is 10.2. The third-order valence-corrected chi connectivity index (χ3v) is 3.22. The predicted octanol–water partition coefficient (Wildman–Crippen LogP) is 2.81. The van der Waals surface area contributed by atoms with E-state index in [0.29, 0.717) is 11.3 Å². The summed E-state index contributed by atoms with van der Waals surface area (Å²) in [6.45, 7) is 1.69. The standard InChI is InChI=1S/C18H17N3O3/c1-13(17(22)21-16-9-7-14(11-19)8-10-16)20-18(23)24-12-15-5-3-2-4-6-15/h2-10,13H,12H2,1H3,(H,20,23)(H,21,22)/t13-/m0/s1. The fraction of sp³-hybridized carbons (Fsp3) is 0.167. The van der Waals surface area contributed by atoms with Crippen LogP contribution >= 0.6 is 0 Å². The molecule has 0 aliphatic carbocycles. The fourth-order valence-corrected chi connectivity index (χ4v) is 1.89. The summed E-state index contributed by atoms with van der Waals surface area (Å²) < 4.78 is 5.06. The number of carbonyl (C=O) groups is 2. The van der Waals surface area contributed by atoms with Crippen molar-refractivity contribution in [1.29, 1.82) is 5.26 Å². The van der Waals surface area contributed by atoms with E-state index < -0.39 is 12.1 Å². The van der Waals surface area contributed by atoms with E-state index in [4.69, 9.17) is 10.00 Å². The van der Waals surface area contributed by atoms with Crippen molar-refractivity contribution in [2.24, 2.45) is 0 Å². The number of hydrogen-bond acceptors (Lipinski definition) is 4. The SMILES string of the molecule is C[C@H](NC(=O)OCc1ccccc1)C(=O)Nc1ccc(C#N)cc1. The highest BCUT2D eigenvalue weighted by Crippen LogP contribution is 2.09. The number of benzene rings is 2. The van der Waals surface area contributed by atoms with Gasteiger partial charge in [-0.3, -0.25) is 4.79 Å². The number of rotatable bonds is 5. The number of nitrogens with zero attached hydrogens (tertiary/aromatic N) is 1. The van der Waals surface area contributed by atoms with E-state index in [2.05, 4.69) is 10.6 Å². The number of hydrogen-bond donors (Lipinski definition) is 2. The molecule has 1 atom stereocenters. The van der Waals surface area contributed by atoms with Crippen LogP contribution in [0.15, 0.2) is 54.6 Å². The summed E-state index contributed by atoms with van der Waals surface area (Å²) in [4.78, 5) is 23.7. The van der Waals surface area contributed by atoms with Crippen LogP contribution < -0.4 is 10.6 Å². The van der Waals surface area contributed by atoms with Gasteiger partial charge in [0.15, 0.2) is 0 Å². The minimum Gasteiger partial charge on any atom is -0.445 e. The van der Waals surface area contributed by atoms with E-state index in [1.165, 1.54) is 0 Å². The van der Waals surface area contributed by atoms with Crippen LogP contribution in [0.5, 0.6) is 0 Å². The molecule has 0 saturated heterocycles. The van der Waals surface area contributed by atoms with E-state index in [9.17, 15) is 9.59 Å². The second kappa shape index (κ2) is 8.34. The lowest BCUT2D eigenvalue weighted by Gasteiger charge is -2.14. The zero-order valence-electron chi connectivity index (χ0n) is 13.2. The molecule has 2 aromatic rings. The van der Waals surface area contributed by atoms with Gasteiger partial charge in [-0.25, -0.2) is 4.79 Å². The van der Waals surface area contributed by atoms with Crippen LogP contribution in [0, 0.1) is 11.3 Å². The van der Waals surface area contributed by atoms with E-state index >= 15 is 0 Å². The molecule has 2 rings (SSSR count). The first-order valence-electron chi connectivity index (χ1n) is 7.36. The number of alkyl carbamates (subject to hydrolysis) is 1. The average Bonchev–Trinajstić information content (AvgIpc) is 2.61. The minimum absolute atomic E-state index is 0.136. The van der Waals surface area contributed by atoms with Gasteiger partial charge < -0.3 is 15.4 Å². The normalized spacial score (nSPS) is 11.0. The van der Waals surface area contributed by atoms with Gasteiger partial charge in [-0.05, 0) is 36.8 Å². The number of nitrogens with one attached hydrogen (secondary N) is 2. The Balaban J connectivity index is 1.80. The summed E-state index contributed by atoms with van der Waals surface area (Å²) in [7, 11) is 0. The first-order chi connectivity index (χ1) is 11.6. The van der Waals surface area contributed by atoms with Crippen molar-refractivity contribution in [2.45, 2.75) is 19.6 Å². The van der Waals surface area contributed by atoms with E-state index in [0.717, 1.165) is 5.56 Å². The maximum atomic E-state index is 12.0. The molecule has 2 N–H and O–H groups in total. The molecule has 0 radical (unpaired) electrons. The van der Waals surface area contributed by atoms with Crippen LogP contribution in [0.1, 0.15) is 18.1 Å². The van der Waals surface area contributed by atoms with Gasteiger partial charge in [-0.2, -0.15) is 5.26 Å². The van der Waals surface area contributed by atoms with Gasteiger partial charge in [0, 0.05) is 5.69 Å². The first-order valence-corrected chi connectivity index (χ1v) is 7.36. The van der Waals surface area contributed by atoms with Crippen molar-refractivity contribution in [1.82, 2.24) is 5.32 Å². The Morgan fingerprint density at radius 2 is 1.79 bits per heavy atom. The molecule has 2 amide bonds. The number of ether oxygens (including phenoxy) is 1. The molecule has 0 aliphatic heterocycles. The molecule has 0 saturated carbocycles. The van der Waals surface area contributed by atoms with Gasteiger partial charge in [0.2, 0.25) is 5.91 Å². The molecule has 6 nitrogen and oxygen atoms in total. The summed E-state index contributed by atoms with van der Waals surface area (Å²) in [5, 5.41) is 13.9. The van der Waals surface area contributed by atoms with Gasteiger partial charge >= 0.3 is 6.09 Å². The van der Waals surface area contributed by atoms with Crippen molar-refractivity contribution in [3.05, 3.63) is 65.7 Å².